The van der Waals surface area contributed by atoms with Gasteiger partial charge in [-0.2, -0.15) is 0 Å². The van der Waals surface area contributed by atoms with Gasteiger partial charge in [-0.05, 0) is 25.5 Å². The number of amides is 1. The molecule has 0 bridgehead atoms. The van der Waals surface area contributed by atoms with Gasteiger partial charge in [0.15, 0.2) is 0 Å². The molecule has 0 spiro atoms. The fourth-order valence-electron chi connectivity index (χ4n) is 2.12. The van der Waals surface area contributed by atoms with Crippen LogP contribution in [0.25, 0.3) is 0 Å². The Morgan fingerprint density at radius 2 is 2.33 bits per heavy atom. The Morgan fingerprint density at radius 1 is 1.61 bits per heavy atom. The highest BCUT2D eigenvalue weighted by atomic mass is 16.6. The van der Waals surface area contributed by atoms with Crippen molar-refractivity contribution in [3.63, 3.8) is 0 Å². The van der Waals surface area contributed by atoms with Crippen LogP contribution in [0.3, 0.4) is 0 Å². The molecule has 2 heterocycles. The third-order valence-corrected chi connectivity index (χ3v) is 3.32. The van der Waals surface area contributed by atoms with Gasteiger partial charge in [-0.15, -0.1) is 0 Å². The van der Waals surface area contributed by atoms with E-state index in [1.54, 1.807) is 6.08 Å². The van der Waals surface area contributed by atoms with E-state index >= 15 is 0 Å². The highest BCUT2D eigenvalue weighted by Crippen LogP contribution is 2.24. The molecule has 2 rings (SSSR count). The Hall–Kier alpha value is -1.62. The zero-order valence-electron chi connectivity index (χ0n) is 10.2. The van der Waals surface area contributed by atoms with Crippen molar-refractivity contribution >= 4 is 11.9 Å². The van der Waals surface area contributed by atoms with Crippen molar-refractivity contribution in [3.05, 3.63) is 24.4 Å². The second-order valence-electron chi connectivity index (χ2n) is 4.60. The van der Waals surface area contributed by atoms with Gasteiger partial charge in [0.2, 0.25) is 5.91 Å². The zero-order valence-corrected chi connectivity index (χ0v) is 10.2. The summed E-state index contributed by atoms with van der Waals surface area (Å²) in [6.45, 7) is 4.90. The highest BCUT2D eigenvalue weighted by molar-refractivity contribution is 5.89. The molecule has 5 heteroatoms. The summed E-state index contributed by atoms with van der Waals surface area (Å²) in [5, 5.41) is 9.12. The number of rotatable bonds is 6. The number of aliphatic carboxylic acids is 1. The lowest BCUT2D eigenvalue weighted by molar-refractivity contribution is -0.132. The van der Waals surface area contributed by atoms with Crippen LogP contribution in [0.15, 0.2) is 24.4 Å². The molecule has 1 N–H and O–H groups in total. The molecule has 0 aromatic rings. The molecule has 0 saturated carbocycles. The first-order valence-corrected chi connectivity index (χ1v) is 6.10. The van der Waals surface area contributed by atoms with Gasteiger partial charge in [-0.1, -0.05) is 12.7 Å². The number of epoxide rings is 1. The number of ether oxygens (including phenoxy) is 1. The number of hydrogen-bond donors (Lipinski definition) is 1. The third-order valence-electron chi connectivity index (χ3n) is 3.32. The van der Waals surface area contributed by atoms with Crippen molar-refractivity contribution in [2.24, 2.45) is 5.92 Å². The number of carbonyl (C=O) groups is 2. The number of carboxylic acids is 1. The molecule has 5 nitrogen and oxygen atoms in total. The Bertz CT molecular complexity index is 398. The molecule has 2 fully saturated rings. The molecule has 0 aliphatic carbocycles. The van der Waals surface area contributed by atoms with Crippen LogP contribution in [0.2, 0.25) is 0 Å². The number of nitrogens with zero attached hydrogens (tertiary/aromatic N) is 1. The van der Waals surface area contributed by atoms with E-state index < -0.39 is 5.97 Å². The van der Waals surface area contributed by atoms with E-state index in [0.717, 1.165) is 6.61 Å². The third kappa shape index (κ3) is 2.98. The second kappa shape index (κ2) is 5.35. The van der Waals surface area contributed by atoms with Crippen molar-refractivity contribution in [1.29, 1.82) is 0 Å². The summed E-state index contributed by atoms with van der Waals surface area (Å²) in [7, 11) is 0. The predicted octanol–water partition coefficient (Wildman–Crippen LogP) is 1.17. The standard InChI is InChI=1S/C13H17NO4/c1-2-14-6-5-9(12(14)15)7-10(13(16)17)3-4-11-8-18-11/h2,7,9,11H,1,3-6,8H2,(H,16,17). The topological polar surface area (TPSA) is 70.1 Å². The largest absolute Gasteiger partial charge is 0.478 e. The lowest BCUT2D eigenvalue weighted by Crippen LogP contribution is -2.21. The lowest BCUT2D eigenvalue weighted by Gasteiger charge is -2.09. The fraction of sp³-hybridized carbons (Fsp3) is 0.538. The van der Waals surface area contributed by atoms with Crippen molar-refractivity contribution in [2.45, 2.75) is 25.4 Å². The van der Waals surface area contributed by atoms with Gasteiger partial charge in [0.25, 0.3) is 0 Å². The quantitative estimate of drug-likeness (QED) is 0.568. The van der Waals surface area contributed by atoms with Crippen LogP contribution in [-0.2, 0) is 14.3 Å². The van der Waals surface area contributed by atoms with Crippen molar-refractivity contribution < 1.29 is 19.4 Å². The molecule has 0 aromatic carbocycles. The molecule has 2 unspecified atom stereocenters. The van der Waals surface area contributed by atoms with Crippen molar-refractivity contribution in [3.8, 4) is 0 Å². The van der Waals surface area contributed by atoms with Crippen LogP contribution in [0.5, 0.6) is 0 Å². The maximum absolute atomic E-state index is 11.8. The molecule has 98 valence electrons. The first-order valence-electron chi connectivity index (χ1n) is 6.10. The Balaban J connectivity index is 2.00. The molecule has 2 saturated heterocycles. The minimum Gasteiger partial charge on any atom is -0.478 e. The number of likely N-dealkylation sites (tertiary alicyclic amines) is 1. The second-order valence-corrected chi connectivity index (χ2v) is 4.60. The molecule has 2 aliphatic heterocycles. The zero-order chi connectivity index (χ0) is 13.1. The van der Waals surface area contributed by atoms with Gasteiger partial charge in [-0.25, -0.2) is 4.79 Å². The molecule has 2 atom stereocenters. The van der Waals surface area contributed by atoms with E-state index in [4.69, 9.17) is 9.84 Å². The van der Waals surface area contributed by atoms with Gasteiger partial charge in [0.05, 0.1) is 18.6 Å². The minimum absolute atomic E-state index is 0.0635. The van der Waals surface area contributed by atoms with Crippen LogP contribution in [0.1, 0.15) is 19.3 Å². The summed E-state index contributed by atoms with van der Waals surface area (Å²) in [4.78, 5) is 24.5. The Labute approximate surface area is 106 Å². The van der Waals surface area contributed by atoms with E-state index in [2.05, 4.69) is 6.58 Å². The van der Waals surface area contributed by atoms with Crippen LogP contribution in [-0.4, -0.2) is 41.1 Å². The van der Waals surface area contributed by atoms with Gasteiger partial charge >= 0.3 is 5.97 Å². The molecule has 2 aliphatic rings. The van der Waals surface area contributed by atoms with Crippen molar-refractivity contribution in [2.75, 3.05) is 13.2 Å². The van der Waals surface area contributed by atoms with Crippen LogP contribution in [0, 0.1) is 5.92 Å². The highest BCUT2D eigenvalue weighted by Gasteiger charge is 2.30. The van der Waals surface area contributed by atoms with Gasteiger partial charge < -0.3 is 14.7 Å². The maximum atomic E-state index is 11.8. The number of carboxylic acid groups (broad SMARTS) is 1. The first kappa shape index (κ1) is 12.8. The van der Waals surface area contributed by atoms with E-state index in [-0.39, 0.29) is 17.9 Å². The molecular formula is C13H17NO4. The molecular weight excluding hydrogens is 234 g/mol. The Kier molecular flexibility index (Phi) is 3.81. The Morgan fingerprint density at radius 3 is 2.83 bits per heavy atom. The monoisotopic (exact) mass is 251 g/mol. The molecule has 18 heavy (non-hydrogen) atoms. The smallest absolute Gasteiger partial charge is 0.331 e. The molecule has 0 radical (unpaired) electrons. The summed E-state index contributed by atoms with van der Waals surface area (Å²) in [6, 6.07) is 0. The minimum atomic E-state index is -0.944. The molecule has 0 aromatic heterocycles. The van der Waals surface area contributed by atoms with E-state index in [9.17, 15) is 9.59 Å². The summed E-state index contributed by atoms with van der Waals surface area (Å²) in [5.74, 6) is -1.33. The van der Waals surface area contributed by atoms with Gasteiger partial charge in [-0.3, -0.25) is 4.79 Å². The average molecular weight is 251 g/mol. The van der Waals surface area contributed by atoms with E-state index in [0.29, 0.717) is 31.4 Å². The number of carbonyl (C=O) groups excluding carboxylic acids is 1. The van der Waals surface area contributed by atoms with Gasteiger partial charge in [0, 0.05) is 12.1 Å². The van der Waals surface area contributed by atoms with Crippen LogP contribution in [0.4, 0.5) is 0 Å². The SMILES string of the molecule is C=CN1CCC(C=C(CCC2CO2)C(=O)O)C1=O. The van der Waals surface area contributed by atoms with Crippen LogP contribution >= 0.6 is 0 Å². The van der Waals surface area contributed by atoms with Crippen LogP contribution < -0.4 is 0 Å². The summed E-state index contributed by atoms with van der Waals surface area (Å²) in [5.41, 5.74) is 0.315. The maximum Gasteiger partial charge on any atom is 0.331 e. The van der Waals surface area contributed by atoms with E-state index in [1.165, 1.54) is 11.1 Å². The predicted molar refractivity (Wildman–Crippen MR) is 64.7 cm³/mol. The summed E-state index contributed by atoms with van der Waals surface area (Å²) in [6.07, 6.45) is 5.12. The average Bonchev–Trinajstić information content (AvgIpc) is 3.09. The summed E-state index contributed by atoms with van der Waals surface area (Å²) >= 11 is 0. The number of hydrogen-bond acceptors (Lipinski definition) is 3. The molecule has 1 amide bonds. The lowest BCUT2D eigenvalue weighted by atomic mass is 10.0. The van der Waals surface area contributed by atoms with E-state index in [1.807, 2.05) is 0 Å². The summed E-state index contributed by atoms with van der Waals surface area (Å²) < 4.78 is 5.06. The fourth-order valence-corrected chi connectivity index (χ4v) is 2.12. The normalized spacial score (nSPS) is 27.4. The van der Waals surface area contributed by atoms with Gasteiger partial charge in [0.1, 0.15) is 0 Å². The van der Waals surface area contributed by atoms with Crippen molar-refractivity contribution in [1.82, 2.24) is 4.90 Å². The first-order chi connectivity index (χ1) is 8.61.